The average molecular weight is 274 g/mol. The summed E-state index contributed by atoms with van der Waals surface area (Å²) in [5.41, 5.74) is 3.36. The highest BCUT2D eigenvalue weighted by Crippen LogP contribution is 2.30. The molecule has 18 heavy (non-hydrogen) atoms. The third-order valence-corrected chi connectivity index (χ3v) is 4.15. The van der Waals surface area contributed by atoms with Gasteiger partial charge in [-0.25, -0.2) is 0 Å². The third kappa shape index (κ3) is 2.31. The van der Waals surface area contributed by atoms with Gasteiger partial charge in [-0.2, -0.15) is 0 Å². The van der Waals surface area contributed by atoms with Gasteiger partial charge in [-0.3, -0.25) is 4.99 Å². The summed E-state index contributed by atoms with van der Waals surface area (Å²) in [6.45, 7) is 0.848. The summed E-state index contributed by atoms with van der Waals surface area (Å²) >= 11 is 7.96. The number of thioether (sulfide) groups is 1. The zero-order valence-corrected chi connectivity index (χ0v) is 11.3. The minimum Gasteiger partial charge on any atom is -0.283 e. The summed E-state index contributed by atoms with van der Waals surface area (Å²) in [6, 6.07) is 16.3. The minimum atomic E-state index is 0.764. The van der Waals surface area contributed by atoms with E-state index in [1.165, 1.54) is 4.90 Å². The number of halogens is 1. The van der Waals surface area contributed by atoms with Gasteiger partial charge in [0.2, 0.25) is 0 Å². The lowest BCUT2D eigenvalue weighted by Crippen LogP contribution is -2.04. The van der Waals surface area contributed by atoms with Crippen LogP contribution in [-0.2, 0) is 0 Å². The Morgan fingerprint density at radius 3 is 2.72 bits per heavy atom. The van der Waals surface area contributed by atoms with Crippen LogP contribution in [0.3, 0.4) is 0 Å². The second-order valence-electron chi connectivity index (χ2n) is 4.09. The van der Waals surface area contributed by atoms with Gasteiger partial charge in [0.05, 0.1) is 5.71 Å². The van der Waals surface area contributed by atoms with E-state index >= 15 is 0 Å². The Morgan fingerprint density at radius 1 is 1.06 bits per heavy atom. The number of hydrogen-bond acceptors (Lipinski definition) is 2. The van der Waals surface area contributed by atoms with Crippen molar-refractivity contribution in [1.82, 2.24) is 0 Å². The second-order valence-corrected chi connectivity index (χ2v) is 5.66. The SMILES string of the molecule is Clc1ccc2c(c1)C(c1ccccc1)=NCCS2. The summed E-state index contributed by atoms with van der Waals surface area (Å²) in [7, 11) is 0. The molecule has 1 aliphatic rings. The van der Waals surface area contributed by atoms with E-state index in [4.69, 9.17) is 16.6 Å². The quantitative estimate of drug-likeness (QED) is 0.755. The van der Waals surface area contributed by atoms with E-state index in [0.717, 1.165) is 34.2 Å². The fraction of sp³-hybridized carbons (Fsp3) is 0.133. The van der Waals surface area contributed by atoms with Crippen molar-refractivity contribution in [3.63, 3.8) is 0 Å². The van der Waals surface area contributed by atoms with Crippen LogP contribution in [-0.4, -0.2) is 18.0 Å². The molecular formula is C15H12ClNS. The van der Waals surface area contributed by atoms with Crippen LogP contribution >= 0.6 is 23.4 Å². The van der Waals surface area contributed by atoms with Crippen LogP contribution in [0.15, 0.2) is 58.4 Å². The molecule has 0 fully saturated rings. The Morgan fingerprint density at radius 2 is 1.89 bits per heavy atom. The highest BCUT2D eigenvalue weighted by molar-refractivity contribution is 7.99. The lowest BCUT2D eigenvalue weighted by Gasteiger charge is -2.09. The molecule has 3 rings (SSSR count). The molecule has 0 spiro atoms. The summed E-state index contributed by atoms with van der Waals surface area (Å²) in [5.74, 6) is 1.02. The molecular weight excluding hydrogens is 262 g/mol. The first-order valence-electron chi connectivity index (χ1n) is 5.87. The van der Waals surface area contributed by atoms with Crippen molar-refractivity contribution >= 4 is 29.1 Å². The highest BCUT2D eigenvalue weighted by Gasteiger charge is 2.15. The van der Waals surface area contributed by atoms with E-state index in [1.54, 1.807) is 0 Å². The van der Waals surface area contributed by atoms with Crippen molar-refractivity contribution in [2.75, 3.05) is 12.3 Å². The maximum Gasteiger partial charge on any atom is 0.0731 e. The lowest BCUT2D eigenvalue weighted by atomic mass is 10.0. The van der Waals surface area contributed by atoms with E-state index in [1.807, 2.05) is 42.1 Å². The maximum absolute atomic E-state index is 6.12. The highest BCUT2D eigenvalue weighted by atomic mass is 35.5. The fourth-order valence-electron chi connectivity index (χ4n) is 2.05. The van der Waals surface area contributed by atoms with Crippen molar-refractivity contribution in [1.29, 1.82) is 0 Å². The minimum absolute atomic E-state index is 0.764. The van der Waals surface area contributed by atoms with Crippen LogP contribution in [0.5, 0.6) is 0 Å². The summed E-state index contributed by atoms with van der Waals surface area (Å²) < 4.78 is 0. The largest absolute Gasteiger partial charge is 0.283 e. The van der Waals surface area contributed by atoms with Gasteiger partial charge >= 0.3 is 0 Å². The Kier molecular flexibility index (Phi) is 3.39. The summed E-state index contributed by atoms with van der Waals surface area (Å²) in [6.07, 6.45) is 0. The van der Waals surface area contributed by atoms with Crippen LogP contribution < -0.4 is 0 Å². The average Bonchev–Trinajstić information content (AvgIpc) is 2.61. The van der Waals surface area contributed by atoms with Crippen LogP contribution in [0, 0.1) is 0 Å². The van der Waals surface area contributed by atoms with Gasteiger partial charge in [0.25, 0.3) is 0 Å². The Bertz CT molecular complexity index is 593. The Balaban J connectivity index is 2.16. The van der Waals surface area contributed by atoms with Crippen molar-refractivity contribution < 1.29 is 0 Å². The molecule has 2 aromatic carbocycles. The molecule has 0 saturated carbocycles. The van der Waals surface area contributed by atoms with E-state index in [2.05, 4.69) is 18.2 Å². The predicted molar refractivity (Wildman–Crippen MR) is 79.1 cm³/mol. The summed E-state index contributed by atoms with van der Waals surface area (Å²) in [4.78, 5) is 5.98. The zero-order chi connectivity index (χ0) is 12.4. The van der Waals surface area contributed by atoms with Crippen LogP contribution in [0.4, 0.5) is 0 Å². The van der Waals surface area contributed by atoms with Crippen molar-refractivity contribution in [3.05, 3.63) is 64.7 Å². The maximum atomic E-state index is 6.12. The van der Waals surface area contributed by atoms with E-state index in [9.17, 15) is 0 Å². The number of rotatable bonds is 1. The first-order valence-corrected chi connectivity index (χ1v) is 7.23. The molecule has 0 amide bonds. The number of nitrogens with zero attached hydrogens (tertiary/aromatic N) is 1. The molecule has 1 heterocycles. The zero-order valence-electron chi connectivity index (χ0n) is 9.77. The molecule has 0 aromatic heterocycles. The van der Waals surface area contributed by atoms with Gasteiger partial charge in [0.1, 0.15) is 0 Å². The third-order valence-electron chi connectivity index (χ3n) is 2.86. The summed E-state index contributed by atoms with van der Waals surface area (Å²) in [5, 5.41) is 0.764. The van der Waals surface area contributed by atoms with Crippen molar-refractivity contribution in [2.45, 2.75) is 4.90 Å². The first-order chi connectivity index (χ1) is 8.84. The topological polar surface area (TPSA) is 12.4 Å². The monoisotopic (exact) mass is 273 g/mol. The molecule has 0 bridgehead atoms. The van der Waals surface area contributed by atoms with Gasteiger partial charge < -0.3 is 0 Å². The molecule has 0 aliphatic carbocycles. The number of fused-ring (bicyclic) bond motifs is 1. The van der Waals surface area contributed by atoms with E-state index < -0.39 is 0 Å². The molecule has 2 aromatic rings. The molecule has 0 unspecified atom stereocenters. The molecule has 0 N–H and O–H groups in total. The molecule has 0 atom stereocenters. The van der Waals surface area contributed by atoms with Gasteiger partial charge in [0, 0.05) is 33.3 Å². The van der Waals surface area contributed by atoms with Crippen LogP contribution in [0.2, 0.25) is 5.02 Å². The Labute approximate surface area is 116 Å². The van der Waals surface area contributed by atoms with E-state index in [-0.39, 0.29) is 0 Å². The number of benzene rings is 2. The molecule has 3 heteroatoms. The number of hydrogen-bond donors (Lipinski definition) is 0. The number of aliphatic imine (C=N–C) groups is 1. The molecule has 0 saturated heterocycles. The molecule has 1 nitrogen and oxygen atoms in total. The van der Waals surface area contributed by atoms with Gasteiger partial charge in [-0.1, -0.05) is 41.9 Å². The smallest absolute Gasteiger partial charge is 0.0731 e. The first kappa shape index (κ1) is 11.8. The van der Waals surface area contributed by atoms with Crippen molar-refractivity contribution in [2.24, 2.45) is 4.99 Å². The fourth-order valence-corrected chi connectivity index (χ4v) is 3.10. The van der Waals surface area contributed by atoms with Gasteiger partial charge in [-0.05, 0) is 18.2 Å². The lowest BCUT2D eigenvalue weighted by molar-refractivity contribution is 1.15. The van der Waals surface area contributed by atoms with E-state index in [0.29, 0.717) is 0 Å². The van der Waals surface area contributed by atoms with Crippen molar-refractivity contribution in [3.8, 4) is 0 Å². The molecule has 1 aliphatic heterocycles. The standard InChI is InChI=1S/C15H12ClNS/c16-12-6-7-14-13(10-12)15(17-8-9-18-14)11-4-2-1-3-5-11/h1-7,10H,8-9H2. The van der Waals surface area contributed by atoms with Crippen LogP contribution in [0.1, 0.15) is 11.1 Å². The van der Waals surface area contributed by atoms with Gasteiger partial charge in [-0.15, -0.1) is 11.8 Å². The Hall–Kier alpha value is -1.25. The predicted octanol–water partition coefficient (Wildman–Crippen LogP) is 4.28. The molecule has 0 radical (unpaired) electrons. The normalized spacial score (nSPS) is 14.6. The van der Waals surface area contributed by atoms with Crippen LogP contribution in [0.25, 0.3) is 0 Å². The second kappa shape index (κ2) is 5.17. The van der Waals surface area contributed by atoms with Gasteiger partial charge in [0.15, 0.2) is 0 Å². The molecule has 90 valence electrons.